The zero-order valence-electron chi connectivity index (χ0n) is 14.7. The average Bonchev–Trinajstić information content (AvgIpc) is 2.88. The number of rotatable bonds is 4. The first-order valence-electron chi connectivity index (χ1n) is 9.50. The van der Waals surface area contributed by atoms with Crippen LogP contribution >= 0.6 is 0 Å². The molecule has 24 heavy (non-hydrogen) atoms. The Morgan fingerprint density at radius 2 is 1.67 bits per heavy atom. The van der Waals surface area contributed by atoms with E-state index in [9.17, 15) is 14.7 Å². The van der Waals surface area contributed by atoms with Crippen LogP contribution < -0.4 is 0 Å². The number of hydrogen-bond acceptors (Lipinski definition) is 3. The Kier molecular flexibility index (Phi) is 3.98. The Bertz CT molecular complexity index is 514. The van der Waals surface area contributed by atoms with Crippen molar-refractivity contribution in [2.24, 2.45) is 17.8 Å². The summed E-state index contributed by atoms with van der Waals surface area (Å²) < 4.78 is 0. The maximum absolute atomic E-state index is 11.6. The standard InChI is InChI=1S/C18H29N3O3/c1-3-19(11(2)22)8-15-16-9-20(10-17(15)16)14-6-12-4-5-13(7-14)21(12)18(23)24/h12-17H,3-10H2,1-2H3,(H,23,24)/t12?,13?,14?,15-,16+,17-. The second-order valence-electron chi connectivity index (χ2n) is 8.20. The van der Waals surface area contributed by atoms with Crippen molar-refractivity contribution in [3.05, 3.63) is 0 Å². The van der Waals surface area contributed by atoms with Crippen LogP contribution in [0.1, 0.15) is 39.5 Å². The number of piperidine rings is 2. The molecule has 3 saturated heterocycles. The van der Waals surface area contributed by atoms with Gasteiger partial charge in [0.2, 0.25) is 5.91 Å². The molecule has 2 bridgehead atoms. The fraction of sp³-hybridized carbons (Fsp3) is 0.889. The number of hydrogen-bond donors (Lipinski definition) is 1. The minimum atomic E-state index is -0.728. The minimum absolute atomic E-state index is 0.192. The van der Waals surface area contributed by atoms with E-state index in [-0.39, 0.29) is 18.0 Å². The quantitative estimate of drug-likeness (QED) is 0.849. The Morgan fingerprint density at radius 1 is 1.08 bits per heavy atom. The average molecular weight is 335 g/mol. The highest BCUT2D eigenvalue weighted by Gasteiger charge is 2.57. The van der Waals surface area contributed by atoms with Gasteiger partial charge >= 0.3 is 6.09 Å². The highest BCUT2D eigenvalue weighted by atomic mass is 16.4. The van der Waals surface area contributed by atoms with Crippen molar-refractivity contribution in [1.82, 2.24) is 14.7 Å². The molecule has 2 unspecified atom stereocenters. The van der Waals surface area contributed by atoms with Crippen molar-refractivity contribution in [3.63, 3.8) is 0 Å². The van der Waals surface area contributed by atoms with Crippen LogP contribution in [0.4, 0.5) is 4.79 Å². The third kappa shape index (κ3) is 2.59. The number of fused-ring (bicyclic) bond motifs is 3. The number of nitrogens with zero attached hydrogens (tertiary/aromatic N) is 3. The second kappa shape index (κ2) is 5.90. The monoisotopic (exact) mass is 335 g/mol. The molecule has 0 aromatic heterocycles. The molecule has 6 heteroatoms. The molecule has 1 saturated carbocycles. The van der Waals surface area contributed by atoms with Gasteiger partial charge in [0, 0.05) is 51.2 Å². The number of amides is 2. The number of carbonyl (C=O) groups is 2. The van der Waals surface area contributed by atoms with Crippen LogP contribution in [0.3, 0.4) is 0 Å². The summed E-state index contributed by atoms with van der Waals surface area (Å²) in [7, 11) is 0. The van der Waals surface area contributed by atoms with E-state index in [0.29, 0.717) is 12.0 Å². The van der Waals surface area contributed by atoms with Gasteiger partial charge in [0.1, 0.15) is 0 Å². The van der Waals surface area contributed by atoms with Crippen molar-refractivity contribution >= 4 is 12.0 Å². The topological polar surface area (TPSA) is 64.1 Å². The number of carboxylic acid groups (broad SMARTS) is 1. The van der Waals surface area contributed by atoms with Crippen LogP contribution in [-0.4, -0.2) is 76.1 Å². The minimum Gasteiger partial charge on any atom is -0.465 e. The summed E-state index contributed by atoms with van der Waals surface area (Å²) in [5.41, 5.74) is 0. The molecule has 3 heterocycles. The summed E-state index contributed by atoms with van der Waals surface area (Å²) >= 11 is 0. The lowest BCUT2D eigenvalue weighted by atomic mass is 9.96. The SMILES string of the molecule is CCN(C[C@H]1[C@H]2CN(C3CC4CCC(C3)N4C(=O)O)C[C@@H]12)C(C)=O. The predicted molar refractivity (Wildman–Crippen MR) is 89.7 cm³/mol. The molecular weight excluding hydrogens is 306 g/mol. The summed E-state index contributed by atoms with van der Waals surface area (Å²) in [4.78, 5) is 29.3. The highest BCUT2D eigenvalue weighted by molar-refractivity contribution is 5.73. The summed E-state index contributed by atoms with van der Waals surface area (Å²) in [5, 5.41) is 9.39. The Labute approximate surface area is 143 Å². The van der Waals surface area contributed by atoms with Gasteiger partial charge in [-0.1, -0.05) is 0 Å². The summed E-state index contributed by atoms with van der Waals surface area (Å²) in [6, 6.07) is 1.06. The van der Waals surface area contributed by atoms with Crippen molar-refractivity contribution in [3.8, 4) is 0 Å². The molecule has 3 aliphatic heterocycles. The zero-order valence-corrected chi connectivity index (χ0v) is 14.7. The van der Waals surface area contributed by atoms with Crippen LogP contribution in [0, 0.1) is 17.8 Å². The molecule has 6 nitrogen and oxygen atoms in total. The fourth-order valence-corrected chi connectivity index (χ4v) is 5.74. The third-order valence-corrected chi connectivity index (χ3v) is 7.10. The van der Waals surface area contributed by atoms with Crippen LogP contribution in [0.25, 0.3) is 0 Å². The maximum atomic E-state index is 11.6. The Hall–Kier alpha value is -1.30. The third-order valence-electron chi connectivity index (χ3n) is 7.10. The molecule has 4 rings (SSSR count). The van der Waals surface area contributed by atoms with Gasteiger partial charge in [0.15, 0.2) is 0 Å². The van der Waals surface area contributed by atoms with Gasteiger partial charge in [-0.15, -0.1) is 0 Å². The van der Waals surface area contributed by atoms with E-state index in [1.807, 2.05) is 4.90 Å². The van der Waals surface area contributed by atoms with E-state index in [1.165, 1.54) is 0 Å². The molecular formula is C18H29N3O3. The van der Waals surface area contributed by atoms with Crippen molar-refractivity contribution in [2.45, 2.75) is 57.7 Å². The maximum Gasteiger partial charge on any atom is 0.407 e. The first-order chi connectivity index (χ1) is 11.5. The molecule has 0 aromatic carbocycles. The van der Waals surface area contributed by atoms with Gasteiger partial charge in [0.25, 0.3) is 0 Å². The molecule has 134 valence electrons. The molecule has 2 amide bonds. The van der Waals surface area contributed by atoms with Gasteiger partial charge in [-0.2, -0.15) is 0 Å². The van der Waals surface area contributed by atoms with E-state index >= 15 is 0 Å². The second-order valence-corrected chi connectivity index (χ2v) is 8.20. The summed E-state index contributed by atoms with van der Waals surface area (Å²) in [5.74, 6) is 2.40. The van der Waals surface area contributed by atoms with Crippen LogP contribution in [0.5, 0.6) is 0 Å². The summed E-state index contributed by atoms with van der Waals surface area (Å²) in [6.07, 6.45) is 3.39. The van der Waals surface area contributed by atoms with Crippen LogP contribution in [0.2, 0.25) is 0 Å². The molecule has 0 aromatic rings. The number of likely N-dealkylation sites (tertiary alicyclic amines) is 1. The Balaban J connectivity index is 1.30. The summed E-state index contributed by atoms with van der Waals surface area (Å²) in [6.45, 7) is 7.77. The zero-order chi connectivity index (χ0) is 17.0. The fourth-order valence-electron chi connectivity index (χ4n) is 5.74. The lowest BCUT2D eigenvalue weighted by molar-refractivity contribution is -0.129. The molecule has 5 atom stereocenters. The van der Waals surface area contributed by atoms with E-state index in [4.69, 9.17) is 0 Å². The first-order valence-corrected chi connectivity index (χ1v) is 9.50. The molecule has 1 aliphatic carbocycles. The lowest BCUT2D eigenvalue weighted by Crippen LogP contribution is -2.52. The molecule has 0 spiro atoms. The van der Waals surface area contributed by atoms with E-state index < -0.39 is 6.09 Å². The highest BCUT2D eigenvalue weighted by Crippen LogP contribution is 2.53. The van der Waals surface area contributed by atoms with E-state index in [1.54, 1.807) is 11.8 Å². The largest absolute Gasteiger partial charge is 0.465 e. The normalized spacial score (nSPS) is 40.5. The molecule has 0 radical (unpaired) electrons. The van der Waals surface area contributed by atoms with Crippen LogP contribution in [0.15, 0.2) is 0 Å². The van der Waals surface area contributed by atoms with Gasteiger partial charge in [0.05, 0.1) is 0 Å². The van der Waals surface area contributed by atoms with E-state index in [0.717, 1.165) is 63.7 Å². The van der Waals surface area contributed by atoms with Crippen molar-refractivity contribution in [2.75, 3.05) is 26.2 Å². The van der Waals surface area contributed by atoms with Gasteiger partial charge in [-0.25, -0.2) is 4.79 Å². The smallest absolute Gasteiger partial charge is 0.407 e. The molecule has 4 aliphatic rings. The van der Waals surface area contributed by atoms with Gasteiger partial charge in [-0.3, -0.25) is 9.69 Å². The van der Waals surface area contributed by atoms with E-state index in [2.05, 4.69) is 11.8 Å². The van der Waals surface area contributed by atoms with Crippen molar-refractivity contribution < 1.29 is 14.7 Å². The van der Waals surface area contributed by atoms with Gasteiger partial charge in [-0.05, 0) is 50.4 Å². The Morgan fingerprint density at radius 3 is 2.12 bits per heavy atom. The van der Waals surface area contributed by atoms with Gasteiger partial charge < -0.3 is 14.9 Å². The number of carbonyl (C=O) groups excluding carboxylic acids is 1. The predicted octanol–water partition coefficient (Wildman–Crippen LogP) is 1.71. The molecule has 4 fully saturated rings. The molecule has 1 N–H and O–H groups in total. The lowest BCUT2D eigenvalue weighted by Gasteiger charge is -2.41. The first kappa shape index (κ1) is 16.2. The van der Waals surface area contributed by atoms with Crippen molar-refractivity contribution in [1.29, 1.82) is 0 Å². The van der Waals surface area contributed by atoms with Crippen LogP contribution in [-0.2, 0) is 4.79 Å².